The van der Waals surface area contributed by atoms with E-state index in [4.69, 9.17) is 0 Å². The molecule has 0 amide bonds. The van der Waals surface area contributed by atoms with Gasteiger partial charge in [-0.25, -0.2) is 4.99 Å². The van der Waals surface area contributed by atoms with Crippen molar-refractivity contribution < 1.29 is 0 Å². The molecule has 0 aliphatic heterocycles. The van der Waals surface area contributed by atoms with E-state index in [2.05, 4.69) is 43.1 Å². The molecule has 0 fully saturated rings. The third kappa shape index (κ3) is 2.84. The molecule has 2 heteroatoms. The molecule has 0 saturated carbocycles. The Hall–Kier alpha value is -1.83. The first kappa shape index (κ1) is 11.6. The fourth-order valence-electron chi connectivity index (χ4n) is 1.70. The highest BCUT2D eigenvalue weighted by Crippen LogP contribution is 2.18. The zero-order valence-corrected chi connectivity index (χ0v) is 10.6. The Morgan fingerprint density at radius 3 is 2.29 bits per heavy atom. The molecular weight excluding hydrogens is 208 g/mol. The molecule has 0 aliphatic carbocycles. The second-order valence-corrected chi connectivity index (χ2v) is 4.53. The molecule has 1 aromatic carbocycles. The Bertz CT molecular complexity index is 548. The van der Waals surface area contributed by atoms with Crippen molar-refractivity contribution in [2.24, 2.45) is 12.0 Å². The van der Waals surface area contributed by atoms with Gasteiger partial charge in [0.05, 0.1) is 5.69 Å². The Kier molecular flexibility index (Phi) is 3.43. The minimum absolute atomic E-state index is 0.567. The van der Waals surface area contributed by atoms with Gasteiger partial charge in [0.2, 0.25) is 0 Å². The standard InChI is InChI=1S/C15H18N2/c1-12(2)13-7-9-14(10-8-13)16-15-6-4-5-11-17(15)3/h4-12H,1-3H3. The first-order valence-electron chi connectivity index (χ1n) is 5.93. The van der Waals surface area contributed by atoms with Gasteiger partial charge in [-0.15, -0.1) is 0 Å². The summed E-state index contributed by atoms with van der Waals surface area (Å²) in [6.45, 7) is 4.40. The Labute approximate surface area is 102 Å². The number of hydrogen-bond acceptors (Lipinski definition) is 1. The van der Waals surface area contributed by atoms with E-state index in [1.807, 2.05) is 36.0 Å². The van der Waals surface area contributed by atoms with Gasteiger partial charge >= 0.3 is 0 Å². The lowest BCUT2D eigenvalue weighted by atomic mass is 10.0. The monoisotopic (exact) mass is 226 g/mol. The summed E-state index contributed by atoms with van der Waals surface area (Å²) in [5.41, 5.74) is 3.31. The quantitative estimate of drug-likeness (QED) is 0.747. The predicted octanol–water partition coefficient (Wildman–Crippen LogP) is 3.38. The van der Waals surface area contributed by atoms with Crippen molar-refractivity contribution in [3.8, 4) is 0 Å². The molecule has 0 radical (unpaired) electrons. The predicted molar refractivity (Wildman–Crippen MR) is 71.2 cm³/mol. The summed E-state index contributed by atoms with van der Waals surface area (Å²) in [6.07, 6.45) is 2.00. The maximum atomic E-state index is 4.60. The Morgan fingerprint density at radius 1 is 1.00 bits per heavy atom. The van der Waals surface area contributed by atoms with Crippen LogP contribution in [0.4, 0.5) is 5.69 Å². The molecule has 1 heterocycles. The molecule has 0 atom stereocenters. The average Bonchev–Trinajstić information content (AvgIpc) is 2.33. The van der Waals surface area contributed by atoms with Crippen LogP contribution in [-0.4, -0.2) is 4.57 Å². The number of pyridine rings is 1. The SMILES string of the molecule is CC(C)c1ccc(N=c2ccccn2C)cc1. The van der Waals surface area contributed by atoms with Crippen LogP contribution in [-0.2, 0) is 7.05 Å². The van der Waals surface area contributed by atoms with Crippen LogP contribution >= 0.6 is 0 Å². The summed E-state index contributed by atoms with van der Waals surface area (Å²) >= 11 is 0. The molecule has 0 saturated heterocycles. The van der Waals surface area contributed by atoms with E-state index >= 15 is 0 Å². The summed E-state index contributed by atoms with van der Waals surface area (Å²) in [7, 11) is 2.00. The third-order valence-electron chi connectivity index (χ3n) is 2.83. The van der Waals surface area contributed by atoms with Crippen LogP contribution in [0, 0.1) is 0 Å². The molecule has 2 nitrogen and oxygen atoms in total. The minimum Gasteiger partial charge on any atom is -0.336 e. The second-order valence-electron chi connectivity index (χ2n) is 4.53. The van der Waals surface area contributed by atoms with Gasteiger partial charge in [-0.2, -0.15) is 0 Å². The summed E-state index contributed by atoms with van der Waals surface area (Å²) in [5.74, 6) is 0.567. The normalized spacial score (nSPS) is 12.1. The van der Waals surface area contributed by atoms with Crippen molar-refractivity contribution >= 4 is 5.69 Å². The van der Waals surface area contributed by atoms with Gasteiger partial charge in [0, 0.05) is 13.2 Å². The van der Waals surface area contributed by atoms with Gasteiger partial charge in [0.25, 0.3) is 0 Å². The zero-order valence-electron chi connectivity index (χ0n) is 10.6. The molecular formula is C15H18N2. The number of aryl methyl sites for hydroxylation is 1. The Balaban J connectivity index is 2.37. The fraction of sp³-hybridized carbons (Fsp3) is 0.267. The minimum atomic E-state index is 0.567. The maximum Gasteiger partial charge on any atom is 0.132 e. The van der Waals surface area contributed by atoms with Gasteiger partial charge < -0.3 is 4.57 Å². The number of rotatable bonds is 2. The number of hydrogen-bond donors (Lipinski definition) is 0. The van der Waals surface area contributed by atoms with E-state index in [1.165, 1.54) is 5.56 Å². The van der Waals surface area contributed by atoms with Gasteiger partial charge in [-0.1, -0.05) is 32.0 Å². The van der Waals surface area contributed by atoms with Gasteiger partial charge in [0.1, 0.15) is 5.49 Å². The summed E-state index contributed by atoms with van der Waals surface area (Å²) in [6, 6.07) is 14.4. The first-order valence-corrected chi connectivity index (χ1v) is 5.93. The molecule has 0 N–H and O–H groups in total. The van der Waals surface area contributed by atoms with Crippen LogP contribution in [0.1, 0.15) is 25.3 Å². The van der Waals surface area contributed by atoms with Crippen molar-refractivity contribution in [3.63, 3.8) is 0 Å². The van der Waals surface area contributed by atoms with Gasteiger partial charge in [-0.3, -0.25) is 0 Å². The molecule has 1 aromatic heterocycles. The summed E-state index contributed by atoms with van der Waals surface area (Å²) in [4.78, 5) is 4.60. The summed E-state index contributed by atoms with van der Waals surface area (Å²) < 4.78 is 2.01. The average molecular weight is 226 g/mol. The molecule has 2 aromatic rings. The van der Waals surface area contributed by atoms with Crippen LogP contribution in [0.15, 0.2) is 53.7 Å². The van der Waals surface area contributed by atoms with Crippen LogP contribution < -0.4 is 5.49 Å². The lowest BCUT2D eigenvalue weighted by molar-refractivity contribution is 0.834. The van der Waals surface area contributed by atoms with Gasteiger partial charge in [0.15, 0.2) is 0 Å². The van der Waals surface area contributed by atoms with E-state index in [9.17, 15) is 0 Å². The molecule has 0 spiro atoms. The van der Waals surface area contributed by atoms with Gasteiger partial charge in [-0.05, 0) is 35.7 Å². The van der Waals surface area contributed by atoms with E-state index in [1.54, 1.807) is 0 Å². The van der Waals surface area contributed by atoms with Crippen molar-refractivity contribution in [2.45, 2.75) is 19.8 Å². The molecule has 17 heavy (non-hydrogen) atoms. The lowest BCUT2D eigenvalue weighted by Crippen LogP contribution is -2.15. The van der Waals surface area contributed by atoms with Crippen LogP contribution in [0.3, 0.4) is 0 Å². The highest BCUT2D eigenvalue weighted by atomic mass is 15.0. The van der Waals surface area contributed by atoms with E-state index in [0.717, 1.165) is 11.2 Å². The van der Waals surface area contributed by atoms with Crippen molar-refractivity contribution in [2.75, 3.05) is 0 Å². The molecule has 88 valence electrons. The molecule has 0 aliphatic rings. The summed E-state index contributed by atoms with van der Waals surface area (Å²) in [5, 5.41) is 0. The molecule has 0 bridgehead atoms. The zero-order chi connectivity index (χ0) is 12.3. The number of nitrogens with zero attached hydrogens (tertiary/aromatic N) is 2. The van der Waals surface area contributed by atoms with E-state index in [0.29, 0.717) is 5.92 Å². The second kappa shape index (κ2) is 5.00. The molecule has 0 unspecified atom stereocenters. The van der Waals surface area contributed by atoms with Crippen molar-refractivity contribution in [1.82, 2.24) is 4.57 Å². The van der Waals surface area contributed by atoms with Crippen LogP contribution in [0.5, 0.6) is 0 Å². The first-order chi connectivity index (χ1) is 8.16. The fourth-order valence-corrected chi connectivity index (χ4v) is 1.70. The third-order valence-corrected chi connectivity index (χ3v) is 2.83. The topological polar surface area (TPSA) is 17.3 Å². The largest absolute Gasteiger partial charge is 0.336 e. The number of benzene rings is 1. The number of aromatic nitrogens is 1. The van der Waals surface area contributed by atoms with Crippen LogP contribution in [0.25, 0.3) is 0 Å². The molecule has 2 rings (SSSR count). The Morgan fingerprint density at radius 2 is 1.71 bits per heavy atom. The lowest BCUT2D eigenvalue weighted by Gasteiger charge is -2.04. The van der Waals surface area contributed by atoms with Crippen molar-refractivity contribution in [3.05, 3.63) is 59.7 Å². The van der Waals surface area contributed by atoms with Crippen LogP contribution in [0.2, 0.25) is 0 Å². The maximum absolute atomic E-state index is 4.60. The van der Waals surface area contributed by atoms with Crippen molar-refractivity contribution in [1.29, 1.82) is 0 Å². The van der Waals surface area contributed by atoms with E-state index < -0.39 is 0 Å². The smallest absolute Gasteiger partial charge is 0.132 e. The van der Waals surface area contributed by atoms with E-state index in [-0.39, 0.29) is 0 Å². The highest BCUT2D eigenvalue weighted by Gasteiger charge is 1.97. The highest BCUT2D eigenvalue weighted by molar-refractivity contribution is 5.39.